The maximum absolute atomic E-state index is 13.4. The van der Waals surface area contributed by atoms with Crippen molar-refractivity contribution in [2.24, 2.45) is 29.6 Å². The molecule has 546 valence electrons. The number of fused-ring (bicyclic) bond motifs is 3. The van der Waals surface area contributed by atoms with Gasteiger partial charge in [-0.15, -0.1) is 0 Å². The molecule has 14 rings (SSSR count). The molecule has 2 saturated heterocycles. The Kier molecular flexibility index (Phi) is 22.3. The van der Waals surface area contributed by atoms with Crippen LogP contribution in [0, 0.1) is 35.4 Å². The lowest BCUT2D eigenvalue weighted by Gasteiger charge is -2.24. The van der Waals surface area contributed by atoms with Crippen molar-refractivity contribution in [1.29, 1.82) is 0 Å². The third-order valence-corrected chi connectivity index (χ3v) is 18.3. The number of halogens is 7. The van der Waals surface area contributed by atoms with Gasteiger partial charge in [-0.05, 0) is 151 Å². The minimum Gasteiger partial charge on any atom is -0.496 e. The molecule has 21 nitrogen and oxygen atoms in total. The third kappa shape index (κ3) is 18.2. The lowest BCUT2D eigenvalue weighted by molar-refractivity contribution is -0.0509. The second-order valence-corrected chi connectivity index (χ2v) is 27.2. The number of nitrogens with zero attached hydrogens (tertiary/aromatic N) is 7. The number of Topliss-reactive ketones (excluding diaryl/α,β-unsaturated/α-hetero) is 3. The molecule has 103 heavy (non-hydrogen) atoms. The third-order valence-electron chi connectivity index (χ3n) is 18.3. The molecule has 0 spiro atoms. The van der Waals surface area contributed by atoms with Crippen LogP contribution in [0.3, 0.4) is 0 Å². The number of methoxy groups -OCH3 is 3. The van der Waals surface area contributed by atoms with Crippen LogP contribution in [0.25, 0.3) is 50.7 Å². The molecule has 1 N–H and O–H groups in total. The van der Waals surface area contributed by atoms with Gasteiger partial charge in [0.25, 0.3) is 0 Å². The minimum absolute atomic E-state index is 0.0123. The summed E-state index contributed by atoms with van der Waals surface area (Å²) >= 11 is 0. The number of ketones is 3. The molecule has 1 amide bonds. The van der Waals surface area contributed by atoms with Crippen LogP contribution in [0.1, 0.15) is 122 Å². The van der Waals surface area contributed by atoms with E-state index in [9.17, 15) is 49.9 Å². The fourth-order valence-electron chi connectivity index (χ4n) is 12.6. The van der Waals surface area contributed by atoms with Gasteiger partial charge in [-0.1, -0.05) is 0 Å². The molecule has 3 aliphatic carbocycles. The van der Waals surface area contributed by atoms with Crippen LogP contribution in [0.2, 0.25) is 0 Å². The highest BCUT2D eigenvalue weighted by atomic mass is 19.3. The van der Waals surface area contributed by atoms with E-state index in [1.165, 1.54) is 64.1 Å². The van der Waals surface area contributed by atoms with Crippen molar-refractivity contribution in [3.63, 3.8) is 0 Å². The summed E-state index contributed by atoms with van der Waals surface area (Å²) in [5, 5.41) is 3.32. The van der Waals surface area contributed by atoms with Crippen molar-refractivity contribution in [2.45, 2.75) is 117 Å². The molecule has 5 fully saturated rings. The molecular formula is C75H79F7N8O13. The molecule has 8 heterocycles. The van der Waals surface area contributed by atoms with Crippen LogP contribution in [0.5, 0.6) is 46.0 Å². The van der Waals surface area contributed by atoms with Gasteiger partial charge in [-0.3, -0.25) is 27.6 Å². The number of hydrogen-bond donors (Lipinski definition) is 1. The van der Waals surface area contributed by atoms with Gasteiger partial charge < -0.3 is 52.8 Å². The van der Waals surface area contributed by atoms with Gasteiger partial charge in [0.2, 0.25) is 0 Å². The molecule has 9 aromatic rings. The van der Waals surface area contributed by atoms with Gasteiger partial charge in [0.1, 0.15) is 91.0 Å². The van der Waals surface area contributed by atoms with Gasteiger partial charge >= 0.3 is 25.9 Å². The molecule has 3 aromatic carbocycles. The Labute approximate surface area is 588 Å². The number of imidazole rings is 3. The molecule has 2 aliphatic heterocycles. The number of rotatable bonds is 27. The number of carbonyl (C=O) groups excluding carboxylic acids is 4. The highest BCUT2D eigenvalue weighted by Crippen LogP contribution is 2.45. The van der Waals surface area contributed by atoms with E-state index >= 15 is 0 Å². The number of benzene rings is 3. The second kappa shape index (κ2) is 31.6. The zero-order valence-electron chi connectivity index (χ0n) is 57.6. The average Bonchev–Trinajstić information content (AvgIpc) is 1.74. The fourth-order valence-corrected chi connectivity index (χ4v) is 12.6. The van der Waals surface area contributed by atoms with E-state index in [-0.39, 0.29) is 105 Å². The van der Waals surface area contributed by atoms with E-state index in [0.717, 1.165) is 70.2 Å². The van der Waals surface area contributed by atoms with Crippen molar-refractivity contribution in [2.75, 3.05) is 60.7 Å². The smallest absolute Gasteiger partial charge is 0.410 e. The molecule has 28 heteroatoms. The van der Waals surface area contributed by atoms with Crippen LogP contribution in [0.4, 0.5) is 35.5 Å². The zero-order valence-corrected chi connectivity index (χ0v) is 57.6. The van der Waals surface area contributed by atoms with Crippen molar-refractivity contribution in [3.8, 4) is 79.8 Å². The Morgan fingerprint density at radius 3 is 1.23 bits per heavy atom. The Morgan fingerprint density at radius 1 is 0.495 bits per heavy atom. The number of pyridine rings is 3. The van der Waals surface area contributed by atoms with Crippen molar-refractivity contribution < 1.29 is 92.5 Å². The standard InChI is InChI=1S/C30H35F2N3O6.C25H27F2N3O4.C20H17F3N2O3/c1-30(2,3)41-29(37)34-9-7-19(16-34)17-39-21-8-10-35-22(15-33-26(35)14-21)20-12-24(38-4)27(23(36)11-18-5-6-18)25(13-20)40-28(31)32;1-32-21-9-17(10-22(34-25(26)27)24(21)20(31)8-15-2-3-15)19-13-29-23-11-18(5-7-30(19)23)33-14-16-4-6-28-12-16;1-27-16-7-12(14-10-24-18-9-13(21)4-5-25(14)18)8-17(28-20(22)23)19(16)15(26)6-11-2-3-11/h8,10,12-15,18-19,28H,5-7,9,11,16-17H2,1-4H3;5,7,9-11,13,15-16,25,28H,2-4,6,8,12,14H2,1H3;4-5,7-11,20H,2-3,6H2,1H3/t19-;16-;/m00./s1. The summed E-state index contributed by atoms with van der Waals surface area (Å²) in [5.74, 6) is 1.50. The molecule has 5 aliphatic rings. The zero-order chi connectivity index (χ0) is 72.8. The first-order valence-electron chi connectivity index (χ1n) is 34.1. The monoisotopic (exact) mass is 1430 g/mol. The molecule has 0 radical (unpaired) electrons. The summed E-state index contributed by atoms with van der Waals surface area (Å²) < 4.78 is 146. The molecule has 0 bridgehead atoms. The first kappa shape index (κ1) is 72.7. The van der Waals surface area contributed by atoms with Gasteiger partial charge in [-0.25, -0.2) is 24.1 Å². The Hall–Kier alpha value is -10.1. The molecular weight excluding hydrogens is 1350 g/mol. The molecule has 6 aromatic heterocycles. The van der Waals surface area contributed by atoms with Crippen LogP contribution in [-0.4, -0.2) is 143 Å². The van der Waals surface area contributed by atoms with Crippen molar-refractivity contribution in [1.82, 2.24) is 38.4 Å². The SMILES string of the molecule is COc1cc(-c2cnc3cc(F)ccn23)cc(OC(F)F)c1C(=O)CC1CC1.COc1cc(-c2cnc3cc(OC[C@H]4CCN(C(=O)OC(C)(C)C)C4)ccn23)cc(OC(F)F)c1C(=O)CC1CC1.COc1cc(-c2cnc3cc(OC[C@H]4CCNC4)ccn23)cc(OC(F)F)c1C(=O)CC1CC1. The van der Waals surface area contributed by atoms with Gasteiger partial charge in [0, 0.05) is 104 Å². The number of hydrogen-bond acceptors (Lipinski definition) is 17. The Morgan fingerprint density at radius 2 is 0.874 bits per heavy atom. The molecule has 2 atom stereocenters. The number of likely N-dealkylation sites (tertiary alicyclic amines) is 1. The van der Waals surface area contributed by atoms with Crippen LogP contribution >= 0.6 is 0 Å². The van der Waals surface area contributed by atoms with Crippen molar-refractivity contribution >= 4 is 40.4 Å². The quantitative estimate of drug-likeness (QED) is 0.0374. The van der Waals surface area contributed by atoms with E-state index < -0.39 is 31.3 Å². The van der Waals surface area contributed by atoms with Crippen molar-refractivity contribution in [3.05, 3.63) is 132 Å². The topological polar surface area (TPSA) is 219 Å². The summed E-state index contributed by atoms with van der Waals surface area (Å²) in [4.78, 5) is 65.5. The predicted molar refractivity (Wildman–Crippen MR) is 364 cm³/mol. The first-order valence-corrected chi connectivity index (χ1v) is 34.1. The number of carbonyl (C=O) groups is 4. The number of aromatic nitrogens is 6. The number of nitrogens with one attached hydrogen (secondary N) is 1. The van der Waals surface area contributed by atoms with E-state index in [1.807, 2.05) is 43.5 Å². The summed E-state index contributed by atoms with van der Waals surface area (Å²) in [5.41, 5.74) is 4.46. The summed E-state index contributed by atoms with van der Waals surface area (Å²) in [6.07, 6.45) is 18.0. The lowest BCUT2D eigenvalue weighted by Crippen LogP contribution is -2.35. The number of alkyl halides is 6. The van der Waals surface area contributed by atoms with Crippen LogP contribution < -0.4 is 43.2 Å². The largest absolute Gasteiger partial charge is 0.496 e. The van der Waals surface area contributed by atoms with Gasteiger partial charge in [-0.2, -0.15) is 26.3 Å². The summed E-state index contributed by atoms with van der Waals surface area (Å²) in [7, 11) is 4.18. The van der Waals surface area contributed by atoms with Crippen LogP contribution in [0.15, 0.2) is 110 Å². The number of ether oxygens (including phenoxy) is 9. The fraction of sp³-hybridized carbons (Fsp3) is 0.427. The summed E-state index contributed by atoms with van der Waals surface area (Å²) in [6, 6.07) is 18.9. The first-order chi connectivity index (χ1) is 49.5. The molecule has 0 unspecified atom stereocenters. The van der Waals surface area contributed by atoms with Crippen LogP contribution in [-0.2, 0) is 4.74 Å². The van der Waals surface area contributed by atoms with E-state index in [0.29, 0.717) is 101 Å². The van der Waals surface area contributed by atoms with Gasteiger partial charge in [0.15, 0.2) is 17.3 Å². The highest BCUT2D eigenvalue weighted by molar-refractivity contribution is 6.04. The number of amides is 1. The van der Waals surface area contributed by atoms with Gasteiger partial charge in [0.05, 0.1) is 70.2 Å². The molecule has 3 saturated carbocycles. The lowest BCUT2D eigenvalue weighted by atomic mass is 10.00. The van der Waals surface area contributed by atoms with E-state index in [2.05, 4.69) is 25.0 Å². The Bertz CT molecular complexity index is 4560. The maximum Gasteiger partial charge on any atom is 0.410 e. The van der Waals surface area contributed by atoms with E-state index in [4.69, 9.17) is 37.9 Å². The highest BCUT2D eigenvalue weighted by Gasteiger charge is 2.35. The average molecular weight is 1430 g/mol. The predicted octanol–water partition coefficient (Wildman–Crippen LogP) is 15.5. The summed E-state index contributed by atoms with van der Waals surface area (Å²) in [6.45, 7) is 0.512. The maximum atomic E-state index is 13.4. The second-order valence-electron chi connectivity index (χ2n) is 27.2. The normalized spacial score (nSPS) is 16.6. The minimum atomic E-state index is -3.10. The van der Waals surface area contributed by atoms with E-state index in [1.54, 1.807) is 62.6 Å². The Balaban J connectivity index is 0.000000148.